The summed E-state index contributed by atoms with van der Waals surface area (Å²) in [5, 5.41) is -0.0464. The number of imidazole rings is 1. The lowest BCUT2D eigenvalue weighted by atomic mass is 9.94. The third-order valence-electron chi connectivity index (χ3n) is 4.64. The number of piperidine rings is 1. The van der Waals surface area contributed by atoms with E-state index in [2.05, 4.69) is 34.7 Å². The van der Waals surface area contributed by atoms with Crippen LogP contribution in [0, 0.1) is 5.92 Å². The predicted molar refractivity (Wildman–Crippen MR) is 88.8 cm³/mol. The molecule has 0 N–H and O–H groups in total. The van der Waals surface area contributed by atoms with Gasteiger partial charge in [-0.1, -0.05) is 12.1 Å². The smallest absolute Gasteiger partial charge is 0.127 e. The summed E-state index contributed by atoms with van der Waals surface area (Å²) in [6, 6.07) is 8.35. The van der Waals surface area contributed by atoms with Crippen LogP contribution in [-0.2, 0) is 6.54 Å². The van der Waals surface area contributed by atoms with Crippen molar-refractivity contribution >= 4 is 22.6 Å². The Kier molecular flexibility index (Phi) is 4.51. The average Bonchev–Trinajstić information content (AvgIpc) is 2.86. The van der Waals surface area contributed by atoms with Crippen LogP contribution in [0.2, 0.25) is 0 Å². The van der Waals surface area contributed by atoms with Gasteiger partial charge in [-0.25, -0.2) is 4.98 Å². The maximum Gasteiger partial charge on any atom is 0.127 e. The highest BCUT2D eigenvalue weighted by molar-refractivity contribution is 6.20. The number of rotatable bonds is 4. The van der Waals surface area contributed by atoms with Gasteiger partial charge in [0, 0.05) is 6.54 Å². The van der Waals surface area contributed by atoms with Crippen LogP contribution < -0.4 is 0 Å². The minimum Gasteiger partial charge on any atom is -0.327 e. The molecule has 1 aromatic heterocycles. The molecule has 1 aliphatic rings. The summed E-state index contributed by atoms with van der Waals surface area (Å²) >= 11 is 6.33. The summed E-state index contributed by atoms with van der Waals surface area (Å²) in [4.78, 5) is 7.14. The van der Waals surface area contributed by atoms with Gasteiger partial charge in [0.2, 0.25) is 0 Å². The molecule has 2 aromatic rings. The Morgan fingerprint density at radius 2 is 2.00 bits per heavy atom. The number of likely N-dealkylation sites (tertiary alicyclic amines) is 1. The molecule has 1 aliphatic heterocycles. The first-order valence-corrected chi connectivity index (χ1v) is 8.36. The fourth-order valence-electron chi connectivity index (χ4n) is 3.30. The molecule has 1 atom stereocenters. The number of hydrogen-bond donors (Lipinski definition) is 0. The molecule has 0 amide bonds. The fourth-order valence-corrected chi connectivity index (χ4v) is 3.46. The highest BCUT2D eigenvalue weighted by Crippen LogP contribution is 2.27. The zero-order valence-corrected chi connectivity index (χ0v) is 13.7. The summed E-state index contributed by atoms with van der Waals surface area (Å²) in [6.45, 7) is 5.50. The third-order valence-corrected chi connectivity index (χ3v) is 4.83. The van der Waals surface area contributed by atoms with Crippen molar-refractivity contribution in [1.82, 2.24) is 14.5 Å². The van der Waals surface area contributed by atoms with Crippen LogP contribution in [0.5, 0.6) is 0 Å². The van der Waals surface area contributed by atoms with Crippen LogP contribution in [0.4, 0.5) is 0 Å². The summed E-state index contributed by atoms with van der Waals surface area (Å²) in [5.41, 5.74) is 2.27. The fraction of sp³-hybridized carbons (Fsp3) is 0.588. The SMILES string of the molecule is CC(Cl)c1nc2ccccc2n1CCC1CCN(C)CC1. The quantitative estimate of drug-likeness (QED) is 0.794. The Labute approximate surface area is 131 Å². The van der Waals surface area contributed by atoms with Gasteiger partial charge in [-0.15, -0.1) is 11.6 Å². The first-order valence-electron chi connectivity index (χ1n) is 7.93. The summed E-state index contributed by atoms with van der Waals surface area (Å²) in [6.07, 6.45) is 3.86. The van der Waals surface area contributed by atoms with E-state index in [4.69, 9.17) is 16.6 Å². The minimum atomic E-state index is -0.0464. The Bertz CT molecular complexity index is 597. The van der Waals surface area contributed by atoms with Crippen LogP contribution in [0.3, 0.4) is 0 Å². The van der Waals surface area contributed by atoms with Gasteiger partial charge in [0.25, 0.3) is 0 Å². The van der Waals surface area contributed by atoms with E-state index in [1.165, 1.54) is 37.9 Å². The molecule has 114 valence electrons. The molecular weight excluding hydrogens is 282 g/mol. The molecule has 0 radical (unpaired) electrons. The lowest BCUT2D eigenvalue weighted by molar-refractivity contribution is 0.208. The number of halogens is 1. The molecule has 1 fully saturated rings. The summed E-state index contributed by atoms with van der Waals surface area (Å²) in [5.74, 6) is 1.84. The Morgan fingerprint density at radius 3 is 2.71 bits per heavy atom. The van der Waals surface area contributed by atoms with Crippen molar-refractivity contribution in [3.05, 3.63) is 30.1 Å². The second-order valence-corrected chi connectivity index (χ2v) is 6.92. The van der Waals surface area contributed by atoms with E-state index < -0.39 is 0 Å². The molecule has 0 aliphatic carbocycles. The van der Waals surface area contributed by atoms with Crippen LogP contribution in [0.15, 0.2) is 24.3 Å². The van der Waals surface area contributed by atoms with E-state index >= 15 is 0 Å². The van der Waals surface area contributed by atoms with Gasteiger partial charge in [0.05, 0.1) is 16.4 Å². The van der Waals surface area contributed by atoms with Gasteiger partial charge in [-0.3, -0.25) is 0 Å². The van der Waals surface area contributed by atoms with Crippen LogP contribution >= 0.6 is 11.6 Å². The van der Waals surface area contributed by atoms with E-state index in [0.29, 0.717) is 0 Å². The molecule has 0 saturated carbocycles. The Balaban J connectivity index is 1.77. The number of fused-ring (bicyclic) bond motifs is 1. The maximum absolute atomic E-state index is 6.33. The average molecular weight is 306 g/mol. The standard InChI is InChI=1S/C17H24ClN3/c1-13(18)17-19-15-5-3-4-6-16(15)21(17)12-9-14-7-10-20(2)11-8-14/h3-6,13-14H,7-12H2,1-2H3. The van der Waals surface area contributed by atoms with Crippen molar-refractivity contribution in [3.8, 4) is 0 Å². The molecule has 3 nitrogen and oxygen atoms in total. The number of aryl methyl sites for hydroxylation is 1. The maximum atomic E-state index is 6.33. The second-order valence-electron chi connectivity index (χ2n) is 6.26. The van der Waals surface area contributed by atoms with E-state index in [9.17, 15) is 0 Å². The van der Waals surface area contributed by atoms with E-state index in [-0.39, 0.29) is 5.38 Å². The molecule has 2 heterocycles. The second kappa shape index (κ2) is 6.37. The van der Waals surface area contributed by atoms with Crippen molar-refractivity contribution in [3.63, 3.8) is 0 Å². The number of alkyl halides is 1. The van der Waals surface area contributed by atoms with Crippen molar-refractivity contribution in [2.75, 3.05) is 20.1 Å². The van der Waals surface area contributed by atoms with Crippen LogP contribution in [-0.4, -0.2) is 34.6 Å². The van der Waals surface area contributed by atoms with Gasteiger partial charge < -0.3 is 9.47 Å². The largest absolute Gasteiger partial charge is 0.327 e. The highest BCUT2D eigenvalue weighted by Gasteiger charge is 2.19. The van der Waals surface area contributed by atoms with Gasteiger partial charge in [-0.05, 0) is 64.4 Å². The predicted octanol–water partition coefficient (Wildman–Crippen LogP) is 4.07. The molecule has 1 aromatic carbocycles. The van der Waals surface area contributed by atoms with Crippen molar-refractivity contribution in [2.24, 2.45) is 5.92 Å². The zero-order valence-electron chi connectivity index (χ0n) is 12.9. The zero-order chi connectivity index (χ0) is 14.8. The third kappa shape index (κ3) is 3.24. The molecular formula is C17H24ClN3. The van der Waals surface area contributed by atoms with Crippen LogP contribution in [0.1, 0.15) is 37.4 Å². The highest BCUT2D eigenvalue weighted by atomic mass is 35.5. The van der Waals surface area contributed by atoms with E-state index in [1.54, 1.807) is 0 Å². The van der Waals surface area contributed by atoms with E-state index in [0.717, 1.165) is 23.8 Å². The molecule has 4 heteroatoms. The Hall–Kier alpha value is -1.06. The minimum absolute atomic E-state index is 0.0464. The van der Waals surface area contributed by atoms with E-state index in [1.807, 2.05) is 13.0 Å². The number of nitrogens with zero attached hydrogens (tertiary/aromatic N) is 3. The summed E-state index contributed by atoms with van der Waals surface area (Å²) in [7, 11) is 2.22. The van der Waals surface area contributed by atoms with Crippen molar-refractivity contribution < 1.29 is 0 Å². The first kappa shape index (κ1) is 14.9. The molecule has 1 unspecified atom stereocenters. The lowest BCUT2D eigenvalue weighted by Gasteiger charge is -2.29. The van der Waals surface area contributed by atoms with Gasteiger partial charge >= 0.3 is 0 Å². The number of aromatic nitrogens is 2. The van der Waals surface area contributed by atoms with Crippen LogP contribution in [0.25, 0.3) is 11.0 Å². The van der Waals surface area contributed by atoms with Gasteiger partial charge in [0.1, 0.15) is 5.82 Å². The Morgan fingerprint density at radius 1 is 1.29 bits per heavy atom. The molecule has 0 bridgehead atoms. The van der Waals surface area contributed by atoms with Gasteiger partial charge in [0.15, 0.2) is 0 Å². The van der Waals surface area contributed by atoms with Crippen molar-refractivity contribution in [2.45, 2.75) is 38.1 Å². The lowest BCUT2D eigenvalue weighted by Crippen LogP contribution is -2.30. The topological polar surface area (TPSA) is 21.1 Å². The monoisotopic (exact) mass is 305 g/mol. The molecule has 3 rings (SSSR count). The summed E-state index contributed by atoms with van der Waals surface area (Å²) < 4.78 is 2.32. The molecule has 21 heavy (non-hydrogen) atoms. The number of para-hydroxylation sites is 2. The van der Waals surface area contributed by atoms with Crippen molar-refractivity contribution in [1.29, 1.82) is 0 Å². The first-order chi connectivity index (χ1) is 10.1. The van der Waals surface area contributed by atoms with Gasteiger partial charge in [-0.2, -0.15) is 0 Å². The normalized spacial score (nSPS) is 19.2. The molecule has 0 spiro atoms. The number of hydrogen-bond acceptors (Lipinski definition) is 2. The number of benzene rings is 1. The molecule has 1 saturated heterocycles.